The average molecular weight is 562 g/mol. The predicted molar refractivity (Wildman–Crippen MR) is 182 cm³/mol. The van der Waals surface area contributed by atoms with Crippen molar-refractivity contribution < 1.29 is 0 Å². The predicted octanol–water partition coefficient (Wildman–Crippen LogP) is 10.6. The molecule has 0 fully saturated rings. The molecule has 0 N–H and O–H groups in total. The molecule has 0 saturated carbocycles. The number of hydrogen-bond donors (Lipinski definition) is 0. The van der Waals surface area contributed by atoms with Gasteiger partial charge in [-0.2, -0.15) is 0 Å². The second kappa shape index (κ2) is 9.11. The lowest BCUT2D eigenvalue weighted by atomic mass is 9.55. The first kappa shape index (κ1) is 25.2. The quantitative estimate of drug-likeness (QED) is 0.205. The summed E-state index contributed by atoms with van der Waals surface area (Å²) in [5.41, 5.74) is 16.1. The van der Waals surface area contributed by atoms with Crippen molar-refractivity contribution in [2.45, 2.75) is 24.7 Å². The van der Waals surface area contributed by atoms with Gasteiger partial charge in [-0.15, -0.1) is 0 Å². The normalized spacial score (nSPS) is 15.0. The van der Waals surface area contributed by atoms with E-state index < -0.39 is 0 Å². The van der Waals surface area contributed by atoms with Crippen LogP contribution in [0.25, 0.3) is 44.4 Å². The van der Waals surface area contributed by atoms with Crippen molar-refractivity contribution in [3.63, 3.8) is 0 Å². The molecular weight excluding hydrogens is 530 g/mol. The second-order valence-corrected chi connectivity index (χ2v) is 12.7. The van der Waals surface area contributed by atoms with Gasteiger partial charge in [-0.05, 0) is 67.8 Å². The van der Waals surface area contributed by atoms with Gasteiger partial charge >= 0.3 is 0 Å². The van der Waals surface area contributed by atoms with Crippen LogP contribution in [-0.2, 0) is 10.8 Å². The number of pyridine rings is 1. The Bertz CT molecular complexity index is 2200. The second-order valence-electron chi connectivity index (χ2n) is 12.7. The minimum atomic E-state index is -0.375. The first-order valence-corrected chi connectivity index (χ1v) is 15.5. The summed E-state index contributed by atoms with van der Waals surface area (Å²) in [4.78, 5) is 4.95. The molecule has 2 aliphatic carbocycles. The van der Waals surface area contributed by atoms with Crippen molar-refractivity contribution in [2.24, 2.45) is 0 Å². The van der Waals surface area contributed by atoms with Crippen LogP contribution in [0.5, 0.6) is 0 Å². The molecule has 0 aliphatic heterocycles. The van der Waals surface area contributed by atoms with Crippen molar-refractivity contribution in [3.05, 3.63) is 185 Å². The number of rotatable bonds is 2. The van der Waals surface area contributed by atoms with Crippen LogP contribution in [-0.4, -0.2) is 4.98 Å². The minimum Gasteiger partial charge on any atom is -0.248 e. The molecule has 0 radical (unpaired) electrons. The largest absolute Gasteiger partial charge is 0.248 e. The van der Waals surface area contributed by atoms with Crippen molar-refractivity contribution in [2.75, 3.05) is 0 Å². The van der Waals surface area contributed by atoms with Gasteiger partial charge < -0.3 is 0 Å². The minimum absolute atomic E-state index is 0.0969. The van der Waals surface area contributed by atoms with Crippen LogP contribution in [0.3, 0.4) is 0 Å². The molecule has 0 atom stereocenters. The maximum absolute atomic E-state index is 4.95. The number of aromatic nitrogens is 1. The summed E-state index contributed by atoms with van der Waals surface area (Å²) in [5, 5.41) is 1.16. The van der Waals surface area contributed by atoms with Gasteiger partial charge in [-0.1, -0.05) is 153 Å². The van der Waals surface area contributed by atoms with Crippen LogP contribution >= 0.6 is 0 Å². The molecule has 6 aromatic carbocycles. The molecule has 208 valence electrons. The van der Waals surface area contributed by atoms with Gasteiger partial charge in [0.2, 0.25) is 0 Å². The summed E-state index contributed by atoms with van der Waals surface area (Å²) in [6.45, 7) is 4.75. The van der Waals surface area contributed by atoms with Crippen LogP contribution in [0.1, 0.15) is 47.2 Å². The molecule has 1 nitrogen and oxygen atoms in total. The van der Waals surface area contributed by atoms with Gasteiger partial charge in [0.25, 0.3) is 0 Å². The highest BCUT2D eigenvalue weighted by Crippen LogP contribution is 2.63. The zero-order valence-electron chi connectivity index (χ0n) is 24.9. The van der Waals surface area contributed by atoms with Crippen LogP contribution in [0.15, 0.2) is 152 Å². The summed E-state index contributed by atoms with van der Waals surface area (Å²) in [7, 11) is 0. The fourth-order valence-electron chi connectivity index (χ4n) is 8.20. The molecule has 0 saturated heterocycles. The van der Waals surface area contributed by atoms with Gasteiger partial charge in [0.1, 0.15) is 0 Å². The molecule has 7 aromatic rings. The van der Waals surface area contributed by atoms with Crippen LogP contribution < -0.4 is 0 Å². The van der Waals surface area contributed by atoms with Gasteiger partial charge in [-0.25, -0.2) is 4.98 Å². The smallest absolute Gasteiger partial charge is 0.0719 e. The molecule has 44 heavy (non-hydrogen) atoms. The lowest BCUT2D eigenvalue weighted by Crippen LogP contribution is -2.40. The Morgan fingerprint density at radius 3 is 1.68 bits per heavy atom. The first-order chi connectivity index (χ1) is 21.6. The highest BCUT2D eigenvalue weighted by atomic mass is 14.7. The highest BCUT2D eigenvalue weighted by Gasteiger charge is 2.53. The Balaban J connectivity index is 1.28. The third kappa shape index (κ3) is 3.27. The van der Waals surface area contributed by atoms with E-state index in [2.05, 4.69) is 159 Å². The Morgan fingerprint density at radius 2 is 0.955 bits per heavy atom. The van der Waals surface area contributed by atoms with Crippen LogP contribution in [0, 0.1) is 0 Å². The Kier molecular flexibility index (Phi) is 5.23. The number of benzene rings is 6. The lowest BCUT2D eigenvalue weighted by molar-refractivity contribution is 0.563. The van der Waals surface area contributed by atoms with E-state index in [0.29, 0.717) is 0 Å². The van der Waals surface area contributed by atoms with Crippen molar-refractivity contribution in [1.82, 2.24) is 4.98 Å². The SMILES string of the molecule is CC1(C)c2ccccc2C2(c3ccccc3-c3c(-c4ccc(-c5ccc6ccccc6n5)cc4)cccc32)c2ccccc21. The third-order valence-corrected chi connectivity index (χ3v) is 10.2. The van der Waals surface area contributed by atoms with E-state index >= 15 is 0 Å². The monoisotopic (exact) mass is 561 g/mol. The van der Waals surface area contributed by atoms with E-state index in [-0.39, 0.29) is 10.8 Å². The van der Waals surface area contributed by atoms with E-state index in [1.165, 1.54) is 55.6 Å². The van der Waals surface area contributed by atoms with E-state index in [0.717, 1.165) is 22.2 Å². The maximum Gasteiger partial charge on any atom is 0.0719 e. The lowest BCUT2D eigenvalue weighted by Gasteiger charge is -2.46. The van der Waals surface area contributed by atoms with Crippen molar-refractivity contribution in [3.8, 4) is 33.5 Å². The first-order valence-electron chi connectivity index (χ1n) is 15.5. The van der Waals surface area contributed by atoms with E-state index in [1.807, 2.05) is 6.07 Å². The zero-order chi connectivity index (χ0) is 29.5. The van der Waals surface area contributed by atoms with E-state index in [9.17, 15) is 0 Å². The molecule has 0 bridgehead atoms. The Hall–Kier alpha value is -5.27. The van der Waals surface area contributed by atoms with Gasteiger partial charge in [0.15, 0.2) is 0 Å². The number of nitrogens with zero attached hydrogens (tertiary/aromatic N) is 1. The molecule has 1 aromatic heterocycles. The van der Waals surface area contributed by atoms with Crippen molar-refractivity contribution >= 4 is 10.9 Å². The summed E-state index contributed by atoms with van der Waals surface area (Å²) < 4.78 is 0. The standard InChI is InChI=1S/C43H31N/c1-42(2)34-16-6-8-18-36(34)43(37-19-9-7-17-35(37)42)33-15-5-4-13-32(33)41-31(14-11-20-38(41)43)28-22-24-30(25-23-28)40-27-26-29-12-3-10-21-39(29)44-40/h3-27H,1-2H3. The average Bonchev–Trinajstić information content (AvgIpc) is 3.39. The van der Waals surface area contributed by atoms with Crippen molar-refractivity contribution in [1.29, 1.82) is 0 Å². The molecule has 1 spiro atoms. The molecule has 1 heterocycles. The Labute approximate surface area is 258 Å². The molecule has 0 amide bonds. The van der Waals surface area contributed by atoms with Gasteiger partial charge in [-0.3, -0.25) is 0 Å². The Morgan fingerprint density at radius 1 is 0.409 bits per heavy atom. The maximum atomic E-state index is 4.95. The molecule has 9 rings (SSSR count). The third-order valence-electron chi connectivity index (χ3n) is 10.2. The van der Waals surface area contributed by atoms with E-state index in [4.69, 9.17) is 4.98 Å². The summed E-state index contributed by atoms with van der Waals surface area (Å²) in [6.07, 6.45) is 0. The zero-order valence-corrected chi connectivity index (χ0v) is 24.9. The van der Waals surface area contributed by atoms with Crippen LogP contribution in [0.2, 0.25) is 0 Å². The summed E-state index contributed by atoms with van der Waals surface area (Å²) in [5.74, 6) is 0. The molecular formula is C43H31N. The number of hydrogen-bond acceptors (Lipinski definition) is 1. The topological polar surface area (TPSA) is 12.9 Å². The van der Waals surface area contributed by atoms with Crippen LogP contribution in [0.4, 0.5) is 0 Å². The number of para-hydroxylation sites is 1. The summed E-state index contributed by atoms with van der Waals surface area (Å²) in [6, 6.07) is 55.8. The van der Waals surface area contributed by atoms with E-state index in [1.54, 1.807) is 0 Å². The number of fused-ring (bicyclic) bond motifs is 10. The fourth-order valence-corrected chi connectivity index (χ4v) is 8.20. The van der Waals surface area contributed by atoms with Gasteiger partial charge in [0, 0.05) is 16.4 Å². The summed E-state index contributed by atoms with van der Waals surface area (Å²) >= 11 is 0. The molecule has 0 unspecified atom stereocenters. The fraction of sp³-hybridized carbons (Fsp3) is 0.0930. The highest BCUT2D eigenvalue weighted by molar-refractivity contribution is 5.96. The van der Waals surface area contributed by atoms with Gasteiger partial charge in [0.05, 0.1) is 16.6 Å². The molecule has 2 aliphatic rings. The molecule has 1 heteroatoms.